The van der Waals surface area contributed by atoms with Gasteiger partial charge in [0.2, 0.25) is 0 Å². The Morgan fingerprint density at radius 2 is 1.92 bits per heavy atom. The summed E-state index contributed by atoms with van der Waals surface area (Å²) in [7, 11) is 0. The van der Waals surface area contributed by atoms with Gasteiger partial charge in [-0.2, -0.15) is 0 Å². The maximum atomic E-state index is 12.8. The normalized spacial score (nSPS) is 14.8. The Morgan fingerprint density at radius 1 is 1.33 bits per heavy atom. The molecule has 0 amide bonds. The molecule has 0 aromatic carbocycles. The van der Waals surface area contributed by atoms with Crippen LogP contribution in [0, 0.1) is 5.92 Å². The lowest BCUT2D eigenvalue weighted by Crippen LogP contribution is -1.91. The highest BCUT2D eigenvalue weighted by atomic mass is 35.5. The zero-order valence-corrected chi connectivity index (χ0v) is 8.40. The fraction of sp³-hybridized carbons (Fsp3) is 0.400. The quantitative estimate of drug-likeness (QED) is 0.583. The SMILES string of the molecule is C\C(F)=C(/C=C\C=C\Cl)C(C)C. The van der Waals surface area contributed by atoms with Crippen LogP contribution in [-0.4, -0.2) is 0 Å². The van der Waals surface area contributed by atoms with Crippen LogP contribution in [0.15, 0.2) is 35.2 Å². The minimum Gasteiger partial charge on any atom is -0.212 e. The van der Waals surface area contributed by atoms with Gasteiger partial charge in [-0.3, -0.25) is 0 Å². The van der Waals surface area contributed by atoms with Crippen molar-refractivity contribution in [3.63, 3.8) is 0 Å². The summed E-state index contributed by atoms with van der Waals surface area (Å²) in [6.45, 7) is 5.37. The van der Waals surface area contributed by atoms with Crippen LogP contribution in [0.2, 0.25) is 0 Å². The van der Waals surface area contributed by atoms with Crippen LogP contribution in [0.4, 0.5) is 4.39 Å². The molecule has 0 saturated heterocycles. The molecule has 0 aromatic heterocycles. The fourth-order valence-corrected chi connectivity index (χ4v) is 0.990. The van der Waals surface area contributed by atoms with E-state index in [2.05, 4.69) is 0 Å². The first-order valence-corrected chi connectivity index (χ1v) is 4.33. The molecule has 0 saturated carbocycles. The summed E-state index contributed by atoms with van der Waals surface area (Å²) < 4.78 is 12.8. The van der Waals surface area contributed by atoms with Crippen molar-refractivity contribution in [3.8, 4) is 0 Å². The van der Waals surface area contributed by atoms with Crippen molar-refractivity contribution < 1.29 is 4.39 Å². The number of allylic oxidation sites excluding steroid dienone is 5. The number of rotatable bonds is 3. The topological polar surface area (TPSA) is 0 Å². The average Bonchev–Trinajstić information content (AvgIpc) is 1.96. The third-order valence-corrected chi connectivity index (χ3v) is 1.62. The van der Waals surface area contributed by atoms with E-state index in [0.29, 0.717) is 5.57 Å². The van der Waals surface area contributed by atoms with E-state index in [1.54, 1.807) is 18.2 Å². The highest BCUT2D eigenvalue weighted by Gasteiger charge is 2.02. The summed E-state index contributed by atoms with van der Waals surface area (Å²) in [6, 6.07) is 0. The third-order valence-electron chi connectivity index (χ3n) is 1.48. The van der Waals surface area contributed by atoms with E-state index in [1.807, 2.05) is 13.8 Å². The zero-order chi connectivity index (χ0) is 9.56. The summed E-state index contributed by atoms with van der Waals surface area (Å²) >= 11 is 5.30. The van der Waals surface area contributed by atoms with Crippen molar-refractivity contribution in [1.29, 1.82) is 0 Å². The molecule has 12 heavy (non-hydrogen) atoms. The molecule has 0 fully saturated rings. The van der Waals surface area contributed by atoms with Gasteiger partial charge in [0.25, 0.3) is 0 Å². The largest absolute Gasteiger partial charge is 0.212 e. The Kier molecular flexibility index (Phi) is 5.73. The van der Waals surface area contributed by atoms with Crippen molar-refractivity contribution in [2.24, 2.45) is 5.92 Å². The van der Waals surface area contributed by atoms with Gasteiger partial charge in [0.1, 0.15) is 5.83 Å². The molecule has 0 nitrogen and oxygen atoms in total. The number of hydrogen-bond donors (Lipinski definition) is 0. The second-order valence-corrected chi connectivity index (χ2v) is 3.07. The Morgan fingerprint density at radius 3 is 2.25 bits per heavy atom. The molecule has 0 bridgehead atoms. The molecule has 0 rings (SSSR count). The molecule has 0 spiro atoms. The Hall–Kier alpha value is -0.560. The molecule has 0 atom stereocenters. The van der Waals surface area contributed by atoms with Crippen molar-refractivity contribution in [2.45, 2.75) is 20.8 Å². The fourth-order valence-electron chi connectivity index (χ4n) is 0.906. The predicted molar refractivity (Wildman–Crippen MR) is 52.8 cm³/mol. The van der Waals surface area contributed by atoms with Gasteiger partial charge in [-0.25, -0.2) is 4.39 Å². The molecule has 0 radical (unpaired) electrons. The van der Waals surface area contributed by atoms with Crippen LogP contribution < -0.4 is 0 Å². The second kappa shape index (κ2) is 6.01. The Bertz CT molecular complexity index is 208. The van der Waals surface area contributed by atoms with Crippen LogP contribution in [0.3, 0.4) is 0 Å². The summed E-state index contributed by atoms with van der Waals surface area (Å²) in [4.78, 5) is 0. The van der Waals surface area contributed by atoms with E-state index in [9.17, 15) is 4.39 Å². The molecule has 68 valence electrons. The smallest absolute Gasteiger partial charge is 0.100 e. The molecule has 0 unspecified atom stereocenters. The third kappa shape index (κ3) is 4.35. The van der Waals surface area contributed by atoms with E-state index in [4.69, 9.17) is 11.6 Å². The monoisotopic (exact) mass is 188 g/mol. The van der Waals surface area contributed by atoms with Gasteiger partial charge < -0.3 is 0 Å². The van der Waals surface area contributed by atoms with Gasteiger partial charge in [-0.15, -0.1) is 0 Å². The number of halogens is 2. The van der Waals surface area contributed by atoms with Gasteiger partial charge in [-0.1, -0.05) is 43.7 Å². The first kappa shape index (κ1) is 11.4. The minimum absolute atomic E-state index is 0.135. The summed E-state index contributed by atoms with van der Waals surface area (Å²) in [5.41, 5.74) is 2.10. The van der Waals surface area contributed by atoms with Crippen LogP contribution >= 0.6 is 11.6 Å². The van der Waals surface area contributed by atoms with Crippen molar-refractivity contribution in [1.82, 2.24) is 0 Å². The van der Waals surface area contributed by atoms with Crippen LogP contribution in [0.25, 0.3) is 0 Å². The summed E-state index contributed by atoms with van der Waals surface area (Å²) in [5, 5.41) is 0. The number of hydrogen-bond acceptors (Lipinski definition) is 0. The van der Waals surface area contributed by atoms with Crippen molar-refractivity contribution in [3.05, 3.63) is 35.2 Å². The van der Waals surface area contributed by atoms with Crippen molar-refractivity contribution in [2.75, 3.05) is 0 Å². The Balaban J connectivity index is 4.47. The molecule has 2 heteroatoms. The lowest BCUT2D eigenvalue weighted by Gasteiger charge is -2.05. The molecule has 0 aliphatic carbocycles. The lowest BCUT2D eigenvalue weighted by atomic mass is 10.0. The highest BCUT2D eigenvalue weighted by Crippen LogP contribution is 2.16. The molecule has 0 aliphatic heterocycles. The second-order valence-electron chi connectivity index (χ2n) is 2.82. The molecule has 0 heterocycles. The minimum atomic E-state index is -0.135. The average molecular weight is 189 g/mol. The summed E-state index contributed by atoms with van der Waals surface area (Å²) in [5.74, 6) is 0.0687. The molecular formula is C10H14ClF. The Labute approximate surface area is 78.4 Å². The van der Waals surface area contributed by atoms with E-state index in [1.165, 1.54) is 12.5 Å². The molecular weight excluding hydrogens is 175 g/mol. The van der Waals surface area contributed by atoms with Gasteiger partial charge in [-0.05, 0) is 18.4 Å². The summed E-state index contributed by atoms with van der Waals surface area (Å²) in [6.07, 6.45) is 5.12. The van der Waals surface area contributed by atoms with Crippen LogP contribution in [0.1, 0.15) is 20.8 Å². The maximum absolute atomic E-state index is 12.8. The predicted octanol–water partition coefficient (Wildman–Crippen LogP) is 4.19. The highest BCUT2D eigenvalue weighted by molar-refractivity contribution is 6.25. The van der Waals surface area contributed by atoms with Gasteiger partial charge in [0, 0.05) is 5.54 Å². The zero-order valence-electron chi connectivity index (χ0n) is 7.64. The van der Waals surface area contributed by atoms with Gasteiger partial charge in [0.15, 0.2) is 0 Å². The molecule has 0 aromatic rings. The van der Waals surface area contributed by atoms with E-state index in [-0.39, 0.29) is 11.7 Å². The van der Waals surface area contributed by atoms with E-state index < -0.39 is 0 Å². The van der Waals surface area contributed by atoms with Gasteiger partial charge in [0.05, 0.1) is 0 Å². The van der Waals surface area contributed by atoms with Crippen LogP contribution in [-0.2, 0) is 0 Å². The first-order chi connectivity index (χ1) is 5.59. The van der Waals surface area contributed by atoms with E-state index in [0.717, 1.165) is 0 Å². The standard InChI is InChI=1S/C10H14ClF/c1-8(2)10(9(3)12)6-4-5-7-11/h4-8H,1-3H3/b6-4-,7-5+,10-9-. The molecule has 0 N–H and O–H groups in total. The first-order valence-electron chi connectivity index (χ1n) is 3.89. The molecule has 0 aliphatic rings. The van der Waals surface area contributed by atoms with E-state index >= 15 is 0 Å². The van der Waals surface area contributed by atoms with Gasteiger partial charge >= 0.3 is 0 Å². The van der Waals surface area contributed by atoms with Crippen LogP contribution in [0.5, 0.6) is 0 Å². The lowest BCUT2D eigenvalue weighted by molar-refractivity contribution is 0.605. The maximum Gasteiger partial charge on any atom is 0.100 e. The van der Waals surface area contributed by atoms with Crippen molar-refractivity contribution >= 4 is 11.6 Å².